The molecule has 0 saturated carbocycles. The van der Waals surface area contributed by atoms with Crippen molar-refractivity contribution >= 4 is 6.08 Å². The molecule has 1 aliphatic carbocycles. The summed E-state index contributed by atoms with van der Waals surface area (Å²) in [4.78, 5) is 0. The second-order valence-electron chi connectivity index (χ2n) is 9.45. The van der Waals surface area contributed by atoms with E-state index in [1.807, 2.05) is 0 Å². The highest BCUT2D eigenvalue weighted by atomic mass is 14.3. The zero-order chi connectivity index (χ0) is 22.2. The minimum Gasteiger partial charge on any atom is -0.0622 e. The highest BCUT2D eigenvalue weighted by Gasteiger charge is 2.21. The van der Waals surface area contributed by atoms with Gasteiger partial charge < -0.3 is 0 Å². The molecule has 4 aromatic rings. The van der Waals surface area contributed by atoms with Crippen LogP contribution < -0.4 is 0 Å². The van der Waals surface area contributed by atoms with Crippen LogP contribution in [0, 0.1) is 27.7 Å². The maximum Gasteiger partial charge on any atom is -0.00481 e. The molecule has 0 radical (unpaired) electrons. The molecule has 0 aliphatic heterocycles. The van der Waals surface area contributed by atoms with Crippen LogP contribution in [0.25, 0.3) is 28.3 Å². The van der Waals surface area contributed by atoms with Crippen LogP contribution in [0.3, 0.4) is 0 Å². The van der Waals surface area contributed by atoms with Crippen molar-refractivity contribution in [2.75, 3.05) is 0 Å². The molecule has 0 heterocycles. The molecular weight excluding hydrogens is 384 g/mol. The minimum absolute atomic E-state index is 1.01. The van der Waals surface area contributed by atoms with Crippen LogP contribution in [0.1, 0.15) is 38.9 Å². The Bertz CT molecular complexity index is 1300. The second kappa shape index (κ2) is 8.28. The summed E-state index contributed by atoms with van der Waals surface area (Å²) in [6.45, 7) is 8.77. The number of aryl methyl sites for hydroxylation is 4. The summed E-state index contributed by atoms with van der Waals surface area (Å²) in [6, 6.07) is 29.3. The van der Waals surface area contributed by atoms with Gasteiger partial charge in [0.2, 0.25) is 0 Å². The van der Waals surface area contributed by atoms with Crippen LogP contribution in [0.5, 0.6) is 0 Å². The molecule has 0 saturated heterocycles. The molecule has 0 fully saturated rings. The Morgan fingerprint density at radius 1 is 0.594 bits per heavy atom. The molecule has 0 N–H and O–H groups in total. The molecule has 0 heteroatoms. The highest BCUT2D eigenvalue weighted by molar-refractivity contribution is 5.87. The first-order valence-corrected chi connectivity index (χ1v) is 11.5. The van der Waals surface area contributed by atoms with E-state index in [2.05, 4.69) is 113 Å². The fourth-order valence-corrected chi connectivity index (χ4v) is 5.26. The van der Waals surface area contributed by atoms with E-state index in [4.69, 9.17) is 0 Å². The third kappa shape index (κ3) is 4.06. The molecule has 0 spiro atoms. The van der Waals surface area contributed by atoms with Gasteiger partial charge in [0.15, 0.2) is 0 Å². The topological polar surface area (TPSA) is 0 Å². The van der Waals surface area contributed by atoms with E-state index in [0.29, 0.717) is 0 Å². The van der Waals surface area contributed by atoms with Gasteiger partial charge in [-0.15, -0.1) is 0 Å². The molecule has 0 unspecified atom stereocenters. The first-order chi connectivity index (χ1) is 15.5. The van der Waals surface area contributed by atoms with Gasteiger partial charge in [-0.05, 0) is 79.5 Å². The summed E-state index contributed by atoms with van der Waals surface area (Å²) in [5.74, 6) is 0. The van der Waals surface area contributed by atoms with E-state index in [0.717, 1.165) is 12.8 Å². The van der Waals surface area contributed by atoms with Crippen molar-refractivity contribution in [2.45, 2.75) is 40.5 Å². The average molecular weight is 415 g/mol. The van der Waals surface area contributed by atoms with Crippen LogP contribution in [0.15, 0.2) is 84.4 Å². The summed E-state index contributed by atoms with van der Waals surface area (Å²) < 4.78 is 0. The molecule has 0 aromatic heterocycles. The molecule has 1 aliphatic rings. The van der Waals surface area contributed by atoms with Gasteiger partial charge in [0.25, 0.3) is 0 Å². The van der Waals surface area contributed by atoms with E-state index in [-0.39, 0.29) is 0 Å². The Balaban J connectivity index is 1.66. The standard InChI is InChI=1S/C32H30/c1-21-12-22(2)15-27(14-21)29-10-11-30(28-16-23(3)13-24(4)17-28)32-20-26(19-31(29)32)18-25-8-6-5-7-9-25/h5-17,19H,18,20H2,1-4H3. The SMILES string of the molecule is Cc1cc(C)cc(-c2ccc(-c3cc(C)cc(C)c3)c3c2C=C(Cc2ccccc2)C3)c1. The molecule has 4 aromatic carbocycles. The first-order valence-electron chi connectivity index (χ1n) is 11.5. The molecule has 32 heavy (non-hydrogen) atoms. The smallest absolute Gasteiger partial charge is 0.00481 e. The van der Waals surface area contributed by atoms with E-state index in [1.165, 1.54) is 66.8 Å². The van der Waals surface area contributed by atoms with Gasteiger partial charge in [-0.25, -0.2) is 0 Å². The van der Waals surface area contributed by atoms with Gasteiger partial charge in [0.05, 0.1) is 0 Å². The number of rotatable bonds is 4. The van der Waals surface area contributed by atoms with Crippen molar-refractivity contribution in [3.63, 3.8) is 0 Å². The molecule has 0 atom stereocenters. The van der Waals surface area contributed by atoms with Gasteiger partial charge >= 0.3 is 0 Å². The molecule has 0 bridgehead atoms. The quantitative estimate of drug-likeness (QED) is 0.314. The van der Waals surface area contributed by atoms with Gasteiger partial charge in [0.1, 0.15) is 0 Å². The normalized spacial score (nSPS) is 12.6. The summed E-state index contributed by atoms with van der Waals surface area (Å²) in [6.07, 6.45) is 4.49. The fraction of sp³-hybridized carbons (Fsp3) is 0.188. The van der Waals surface area contributed by atoms with Crippen LogP contribution in [-0.2, 0) is 12.8 Å². The largest absolute Gasteiger partial charge is 0.0622 e. The number of fused-ring (bicyclic) bond motifs is 1. The van der Waals surface area contributed by atoms with Gasteiger partial charge in [-0.1, -0.05) is 113 Å². The van der Waals surface area contributed by atoms with E-state index in [1.54, 1.807) is 0 Å². The minimum atomic E-state index is 1.01. The number of benzene rings is 4. The van der Waals surface area contributed by atoms with Gasteiger partial charge in [0, 0.05) is 0 Å². The van der Waals surface area contributed by atoms with Crippen LogP contribution in [-0.4, -0.2) is 0 Å². The van der Waals surface area contributed by atoms with E-state index >= 15 is 0 Å². The van der Waals surface area contributed by atoms with Crippen molar-refractivity contribution < 1.29 is 0 Å². The van der Waals surface area contributed by atoms with Crippen LogP contribution in [0.4, 0.5) is 0 Å². The summed E-state index contributed by atoms with van der Waals surface area (Å²) in [5, 5.41) is 0. The van der Waals surface area contributed by atoms with Gasteiger partial charge in [-0.3, -0.25) is 0 Å². The zero-order valence-corrected chi connectivity index (χ0v) is 19.5. The predicted octanol–water partition coefficient (Wildman–Crippen LogP) is 8.44. The van der Waals surface area contributed by atoms with Crippen LogP contribution >= 0.6 is 0 Å². The maximum atomic E-state index is 2.46. The number of hydrogen-bond acceptors (Lipinski definition) is 0. The fourth-order valence-electron chi connectivity index (χ4n) is 5.26. The Morgan fingerprint density at radius 3 is 1.72 bits per heavy atom. The molecule has 0 amide bonds. The lowest BCUT2D eigenvalue weighted by Crippen LogP contribution is -1.96. The van der Waals surface area contributed by atoms with E-state index < -0.39 is 0 Å². The Morgan fingerprint density at radius 2 is 1.12 bits per heavy atom. The van der Waals surface area contributed by atoms with Gasteiger partial charge in [-0.2, -0.15) is 0 Å². The number of allylic oxidation sites excluding steroid dienone is 1. The lowest BCUT2D eigenvalue weighted by atomic mass is 9.88. The van der Waals surface area contributed by atoms with Crippen molar-refractivity contribution in [1.82, 2.24) is 0 Å². The van der Waals surface area contributed by atoms with Crippen molar-refractivity contribution in [1.29, 1.82) is 0 Å². The summed E-state index contributed by atoms with van der Waals surface area (Å²) in [7, 11) is 0. The van der Waals surface area contributed by atoms with Crippen LogP contribution in [0.2, 0.25) is 0 Å². The van der Waals surface area contributed by atoms with Crippen molar-refractivity contribution in [3.05, 3.63) is 123 Å². The third-order valence-electron chi connectivity index (χ3n) is 6.45. The lowest BCUT2D eigenvalue weighted by molar-refractivity contribution is 1.07. The Labute approximate surface area is 192 Å². The lowest BCUT2D eigenvalue weighted by Gasteiger charge is -2.16. The molecule has 158 valence electrons. The third-order valence-corrected chi connectivity index (χ3v) is 6.45. The monoisotopic (exact) mass is 414 g/mol. The van der Waals surface area contributed by atoms with Crippen molar-refractivity contribution in [2.24, 2.45) is 0 Å². The maximum absolute atomic E-state index is 2.46. The Kier molecular flexibility index (Phi) is 5.31. The van der Waals surface area contributed by atoms with E-state index in [9.17, 15) is 0 Å². The summed E-state index contributed by atoms with van der Waals surface area (Å²) in [5.41, 5.74) is 16.4. The molecule has 5 rings (SSSR count). The zero-order valence-electron chi connectivity index (χ0n) is 19.5. The highest BCUT2D eigenvalue weighted by Crippen LogP contribution is 2.41. The average Bonchev–Trinajstić information content (AvgIpc) is 3.15. The molecule has 0 nitrogen and oxygen atoms in total. The van der Waals surface area contributed by atoms with Crippen molar-refractivity contribution in [3.8, 4) is 22.3 Å². The second-order valence-corrected chi connectivity index (χ2v) is 9.45. The molecular formula is C32H30. The predicted molar refractivity (Wildman–Crippen MR) is 138 cm³/mol. The number of hydrogen-bond donors (Lipinski definition) is 0. The summed E-state index contributed by atoms with van der Waals surface area (Å²) >= 11 is 0. The first kappa shape index (κ1) is 20.5. The Hall–Kier alpha value is -3.38.